The van der Waals surface area contributed by atoms with Gasteiger partial charge in [-0.05, 0) is 43.4 Å². The standard InChI is InChI=1S/C19H24N2O3S2/c1-14(2)21-26(23,24)13-16-10-8-15(9-11-16)12-20-19(22)17-6-4-5-7-18(17)25-3/h4-11,14,21H,12-13H2,1-3H3,(H,20,22). The number of thioether (sulfide) groups is 1. The van der Waals surface area contributed by atoms with Gasteiger partial charge in [-0.25, -0.2) is 13.1 Å². The molecule has 0 saturated heterocycles. The van der Waals surface area contributed by atoms with E-state index in [-0.39, 0.29) is 17.7 Å². The highest BCUT2D eigenvalue weighted by Crippen LogP contribution is 2.19. The van der Waals surface area contributed by atoms with Crippen molar-refractivity contribution in [1.82, 2.24) is 10.0 Å². The Hall–Kier alpha value is -1.83. The van der Waals surface area contributed by atoms with Crippen molar-refractivity contribution in [3.8, 4) is 0 Å². The van der Waals surface area contributed by atoms with Crippen molar-refractivity contribution < 1.29 is 13.2 Å². The van der Waals surface area contributed by atoms with Crippen LogP contribution in [0.4, 0.5) is 0 Å². The summed E-state index contributed by atoms with van der Waals surface area (Å²) >= 11 is 1.53. The molecule has 0 fully saturated rings. The van der Waals surface area contributed by atoms with Crippen LogP contribution in [0, 0.1) is 0 Å². The van der Waals surface area contributed by atoms with Gasteiger partial charge in [-0.15, -0.1) is 11.8 Å². The Morgan fingerprint density at radius 3 is 2.27 bits per heavy atom. The van der Waals surface area contributed by atoms with Crippen molar-refractivity contribution in [2.24, 2.45) is 0 Å². The average Bonchev–Trinajstić information content (AvgIpc) is 2.59. The van der Waals surface area contributed by atoms with Gasteiger partial charge in [0, 0.05) is 17.5 Å². The Kier molecular flexibility index (Phi) is 7.25. The molecule has 0 radical (unpaired) electrons. The van der Waals surface area contributed by atoms with Crippen LogP contribution in [0.15, 0.2) is 53.4 Å². The van der Waals surface area contributed by atoms with E-state index in [9.17, 15) is 13.2 Å². The topological polar surface area (TPSA) is 75.3 Å². The summed E-state index contributed by atoms with van der Waals surface area (Å²) in [5.41, 5.74) is 2.28. The maximum Gasteiger partial charge on any atom is 0.252 e. The van der Waals surface area contributed by atoms with Gasteiger partial charge in [0.05, 0.1) is 11.3 Å². The third-order valence-electron chi connectivity index (χ3n) is 3.60. The molecular formula is C19H24N2O3S2. The predicted molar refractivity (Wildman–Crippen MR) is 107 cm³/mol. The minimum atomic E-state index is -3.34. The Labute approximate surface area is 159 Å². The number of hydrogen-bond acceptors (Lipinski definition) is 4. The van der Waals surface area contributed by atoms with Crippen molar-refractivity contribution in [2.75, 3.05) is 6.26 Å². The van der Waals surface area contributed by atoms with Crippen LogP contribution >= 0.6 is 11.8 Å². The van der Waals surface area contributed by atoms with Gasteiger partial charge < -0.3 is 5.32 Å². The van der Waals surface area contributed by atoms with E-state index >= 15 is 0 Å². The number of benzene rings is 2. The van der Waals surface area contributed by atoms with E-state index in [1.807, 2.05) is 36.6 Å². The number of carbonyl (C=O) groups excluding carboxylic acids is 1. The Morgan fingerprint density at radius 1 is 1.04 bits per heavy atom. The van der Waals surface area contributed by atoms with Crippen LogP contribution in [0.1, 0.15) is 35.3 Å². The number of amides is 1. The molecule has 0 unspecified atom stereocenters. The first-order valence-electron chi connectivity index (χ1n) is 8.30. The lowest BCUT2D eigenvalue weighted by atomic mass is 10.1. The highest BCUT2D eigenvalue weighted by atomic mass is 32.2. The summed E-state index contributed by atoms with van der Waals surface area (Å²) in [6, 6.07) is 14.6. The first-order chi connectivity index (χ1) is 12.3. The van der Waals surface area contributed by atoms with Crippen molar-refractivity contribution in [3.63, 3.8) is 0 Å². The zero-order chi connectivity index (χ0) is 19.2. The summed E-state index contributed by atoms with van der Waals surface area (Å²) in [7, 11) is -3.34. The van der Waals surface area contributed by atoms with Gasteiger partial charge in [0.2, 0.25) is 10.0 Å². The molecule has 2 rings (SSSR count). The van der Waals surface area contributed by atoms with Crippen LogP contribution in [-0.4, -0.2) is 26.6 Å². The van der Waals surface area contributed by atoms with Gasteiger partial charge in [0.1, 0.15) is 0 Å². The van der Waals surface area contributed by atoms with Gasteiger partial charge in [-0.3, -0.25) is 4.79 Å². The van der Waals surface area contributed by atoms with Crippen LogP contribution in [0.2, 0.25) is 0 Å². The lowest BCUT2D eigenvalue weighted by Gasteiger charge is -2.11. The minimum Gasteiger partial charge on any atom is -0.348 e. The van der Waals surface area contributed by atoms with Crippen LogP contribution in [0.25, 0.3) is 0 Å². The van der Waals surface area contributed by atoms with E-state index in [0.717, 1.165) is 10.5 Å². The molecule has 140 valence electrons. The molecule has 0 saturated carbocycles. The van der Waals surface area contributed by atoms with E-state index in [1.54, 1.807) is 32.0 Å². The highest BCUT2D eigenvalue weighted by molar-refractivity contribution is 7.98. The van der Waals surface area contributed by atoms with Crippen LogP contribution in [0.3, 0.4) is 0 Å². The van der Waals surface area contributed by atoms with Gasteiger partial charge in [-0.1, -0.05) is 36.4 Å². The van der Waals surface area contributed by atoms with Crippen LogP contribution < -0.4 is 10.0 Å². The lowest BCUT2D eigenvalue weighted by Crippen LogP contribution is -2.31. The lowest BCUT2D eigenvalue weighted by molar-refractivity contribution is 0.0948. The quantitative estimate of drug-likeness (QED) is 0.677. The summed E-state index contributed by atoms with van der Waals surface area (Å²) < 4.78 is 26.5. The number of sulfonamides is 1. The minimum absolute atomic E-state index is 0.0566. The maximum atomic E-state index is 12.3. The molecule has 0 aliphatic carbocycles. The molecule has 26 heavy (non-hydrogen) atoms. The van der Waals surface area contributed by atoms with Gasteiger partial charge in [0.15, 0.2) is 0 Å². The fourth-order valence-corrected chi connectivity index (χ4v) is 4.51. The van der Waals surface area contributed by atoms with Gasteiger partial charge in [0.25, 0.3) is 5.91 Å². The Balaban J connectivity index is 1.96. The summed E-state index contributed by atoms with van der Waals surface area (Å²) in [5.74, 6) is -0.179. The molecule has 0 aliphatic rings. The molecule has 2 N–H and O–H groups in total. The number of carbonyl (C=O) groups is 1. The maximum absolute atomic E-state index is 12.3. The highest BCUT2D eigenvalue weighted by Gasteiger charge is 2.13. The van der Waals surface area contributed by atoms with E-state index < -0.39 is 10.0 Å². The molecule has 0 atom stereocenters. The third-order valence-corrected chi connectivity index (χ3v) is 5.94. The molecule has 2 aromatic rings. The summed E-state index contributed by atoms with van der Waals surface area (Å²) in [6.45, 7) is 3.97. The van der Waals surface area contributed by atoms with Crippen LogP contribution in [-0.2, 0) is 22.3 Å². The number of hydrogen-bond donors (Lipinski definition) is 2. The van der Waals surface area contributed by atoms with Crippen molar-refractivity contribution in [3.05, 3.63) is 65.2 Å². The zero-order valence-corrected chi connectivity index (χ0v) is 16.8. The van der Waals surface area contributed by atoms with Crippen LogP contribution in [0.5, 0.6) is 0 Å². The Bertz CT molecular complexity index is 847. The second-order valence-corrected chi connectivity index (χ2v) is 8.83. The normalized spacial score (nSPS) is 11.5. The van der Waals surface area contributed by atoms with Crippen molar-refractivity contribution in [1.29, 1.82) is 0 Å². The number of nitrogens with one attached hydrogen (secondary N) is 2. The smallest absolute Gasteiger partial charge is 0.252 e. The summed E-state index contributed by atoms with van der Waals surface area (Å²) in [5, 5.41) is 2.90. The molecular weight excluding hydrogens is 368 g/mol. The molecule has 0 bridgehead atoms. The average molecular weight is 393 g/mol. The zero-order valence-electron chi connectivity index (χ0n) is 15.2. The molecule has 0 heterocycles. The fraction of sp³-hybridized carbons (Fsp3) is 0.316. The fourth-order valence-electron chi connectivity index (χ4n) is 2.48. The third kappa shape index (κ3) is 6.16. The largest absolute Gasteiger partial charge is 0.348 e. The molecule has 5 nitrogen and oxygen atoms in total. The molecule has 2 aromatic carbocycles. The molecule has 1 amide bonds. The van der Waals surface area contributed by atoms with E-state index in [4.69, 9.17) is 0 Å². The Morgan fingerprint density at radius 2 is 1.65 bits per heavy atom. The predicted octanol–water partition coefficient (Wildman–Crippen LogP) is 3.17. The molecule has 0 aliphatic heterocycles. The van der Waals surface area contributed by atoms with Gasteiger partial charge >= 0.3 is 0 Å². The summed E-state index contributed by atoms with van der Waals surface area (Å²) in [4.78, 5) is 13.3. The molecule has 0 aromatic heterocycles. The van der Waals surface area contributed by atoms with Crippen molar-refractivity contribution >= 4 is 27.7 Å². The van der Waals surface area contributed by atoms with Crippen molar-refractivity contribution in [2.45, 2.75) is 37.1 Å². The monoisotopic (exact) mass is 392 g/mol. The van der Waals surface area contributed by atoms with Gasteiger partial charge in [-0.2, -0.15) is 0 Å². The first-order valence-corrected chi connectivity index (χ1v) is 11.2. The molecule has 7 heteroatoms. The van der Waals surface area contributed by atoms with E-state index in [2.05, 4.69) is 10.0 Å². The van der Waals surface area contributed by atoms with E-state index in [0.29, 0.717) is 17.7 Å². The molecule has 0 spiro atoms. The SMILES string of the molecule is CSc1ccccc1C(=O)NCc1ccc(CS(=O)(=O)NC(C)C)cc1. The first kappa shape index (κ1) is 20.5. The van der Waals surface area contributed by atoms with E-state index in [1.165, 1.54) is 11.8 Å². The second-order valence-electron chi connectivity index (χ2n) is 6.23. The second kappa shape index (κ2) is 9.21. The number of rotatable bonds is 8. The summed E-state index contributed by atoms with van der Waals surface area (Å²) in [6.07, 6.45) is 1.94.